The van der Waals surface area contributed by atoms with Crippen LogP contribution in [0.3, 0.4) is 0 Å². The molecule has 198 valence electrons. The van der Waals surface area contributed by atoms with E-state index in [-0.39, 0.29) is 53.4 Å². The zero-order chi connectivity index (χ0) is 27.4. The first-order valence-electron chi connectivity index (χ1n) is 11.8. The number of imide groups is 1. The largest absolute Gasteiger partial charge is 0.493 e. The number of amides is 3. The molecule has 1 heterocycles. The summed E-state index contributed by atoms with van der Waals surface area (Å²) in [5.41, 5.74) is 0.713. The molecule has 8 nitrogen and oxygen atoms in total. The van der Waals surface area contributed by atoms with E-state index in [1.807, 2.05) is 0 Å². The minimum atomic E-state index is -0.911. The molecular weight excluding hydrogens is 498 g/mol. The van der Waals surface area contributed by atoms with Gasteiger partial charge in [0.15, 0.2) is 11.5 Å². The summed E-state index contributed by atoms with van der Waals surface area (Å²) in [6.07, 6.45) is 0.674. The van der Waals surface area contributed by atoms with Crippen molar-refractivity contribution in [2.24, 2.45) is 0 Å². The van der Waals surface area contributed by atoms with Crippen LogP contribution in [-0.4, -0.2) is 57.0 Å². The number of fused-ring (bicyclic) bond motifs is 1. The van der Waals surface area contributed by atoms with E-state index >= 15 is 0 Å². The topological polar surface area (TPSA) is 85.4 Å². The Labute approximate surface area is 218 Å². The molecule has 0 bridgehead atoms. The first-order valence-corrected chi connectivity index (χ1v) is 11.8. The second kappa shape index (κ2) is 11.3. The molecular formula is C28H26F2N2O6. The number of carbonyl (C=O) groups is 3. The molecule has 0 aromatic heterocycles. The van der Waals surface area contributed by atoms with Crippen LogP contribution in [0.1, 0.15) is 43.9 Å². The van der Waals surface area contributed by atoms with Gasteiger partial charge in [-0.2, -0.15) is 0 Å². The molecule has 1 aliphatic rings. The standard InChI is InChI=1S/C28H26F2N2O6/c1-36-23-14-17(15-24(37-2)25(23)38-3)26(33)31(22-11-10-18(29)16-21(22)30)12-6-7-13-32-27(34)19-8-4-5-9-20(19)28(32)35/h4-5,8-11,14-16H,6-7,12-13H2,1-3H3. The van der Waals surface area contributed by atoms with Crippen LogP contribution in [0, 0.1) is 11.6 Å². The van der Waals surface area contributed by atoms with E-state index in [0.29, 0.717) is 30.0 Å². The van der Waals surface area contributed by atoms with Gasteiger partial charge in [0.1, 0.15) is 11.6 Å². The van der Waals surface area contributed by atoms with Gasteiger partial charge in [0.25, 0.3) is 17.7 Å². The van der Waals surface area contributed by atoms with Crippen molar-refractivity contribution < 1.29 is 37.4 Å². The Morgan fingerprint density at radius 2 is 1.45 bits per heavy atom. The molecule has 0 unspecified atom stereocenters. The van der Waals surface area contributed by atoms with Gasteiger partial charge in [-0.25, -0.2) is 8.78 Å². The molecule has 4 rings (SSSR count). The fourth-order valence-electron chi connectivity index (χ4n) is 4.37. The van der Waals surface area contributed by atoms with Gasteiger partial charge in [0.2, 0.25) is 5.75 Å². The van der Waals surface area contributed by atoms with E-state index < -0.39 is 17.5 Å². The third-order valence-electron chi connectivity index (χ3n) is 6.25. The minimum absolute atomic E-state index is 0.0290. The highest BCUT2D eigenvalue weighted by Gasteiger charge is 2.34. The van der Waals surface area contributed by atoms with Gasteiger partial charge in [-0.1, -0.05) is 12.1 Å². The van der Waals surface area contributed by atoms with E-state index in [0.717, 1.165) is 11.0 Å². The van der Waals surface area contributed by atoms with Gasteiger partial charge in [-0.15, -0.1) is 0 Å². The first-order chi connectivity index (χ1) is 18.3. The summed E-state index contributed by atoms with van der Waals surface area (Å²) in [6.45, 7) is 0.158. The summed E-state index contributed by atoms with van der Waals surface area (Å²) in [7, 11) is 4.24. The first kappa shape index (κ1) is 26.6. The average Bonchev–Trinajstić information content (AvgIpc) is 3.17. The van der Waals surface area contributed by atoms with E-state index in [1.54, 1.807) is 24.3 Å². The normalized spacial score (nSPS) is 12.4. The third-order valence-corrected chi connectivity index (χ3v) is 6.25. The Kier molecular flexibility index (Phi) is 7.90. The molecule has 0 saturated heterocycles. The fourth-order valence-corrected chi connectivity index (χ4v) is 4.37. The van der Waals surface area contributed by atoms with E-state index in [2.05, 4.69) is 0 Å². The summed E-state index contributed by atoms with van der Waals surface area (Å²) in [4.78, 5) is 41.2. The number of benzene rings is 3. The van der Waals surface area contributed by atoms with Crippen molar-refractivity contribution in [1.82, 2.24) is 4.90 Å². The lowest BCUT2D eigenvalue weighted by atomic mass is 10.1. The Bertz CT molecular complexity index is 1330. The zero-order valence-electron chi connectivity index (χ0n) is 21.1. The number of ether oxygens (including phenoxy) is 3. The van der Waals surface area contributed by atoms with Crippen LogP contribution in [0.5, 0.6) is 17.2 Å². The Balaban J connectivity index is 1.55. The molecule has 0 atom stereocenters. The molecule has 1 aliphatic heterocycles. The number of anilines is 1. The van der Waals surface area contributed by atoms with Crippen LogP contribution >= 0.6 is 0 Å². The quantitative estimate of drug-likeness (QED) is 0.282. The number of nitrogens with zero attached hydrogens (tertiary/aromatic N) is 2. The summed E-state index contributed by atoms with van der Waals surface area (Å²) in [6, 6.07) is 12.4. The molecule has 0 N–H and O–H groups in total. The molecule has 0 saturated carbocycles. The summed E-state index contributed by atoms with van der Waals surface area (Å²) in [5.74, 6) is -2.27. The van der Waals surface area contributed by atoms with Gasteiger partial charge >= 0.3 is 0 Å². The fraction of sp³-hybridized carbons (Fsp3) is 0.250. The van der Waals surface area contributed by atoms with Crippen molar-refractivity contribution in [2.75, 3.05) is 39.3 Å². The molecule has 3 aromatic rings. The predicted octanol–water partition coefficient (Wildman–Crippen LogP) is 4.71. The maximum atomic E-state index is 14.8. The molecule has 3 amide bonds. The second-order valence-corrected chi connectivity index (χ2v) is 8.48. The highest BCUT2D eigenvalue weighted by molar-refractivity contribution is 6.21. The number of hydrogen-bond acceptors (Lipinski definition) is 6. The van der Waals surface area contributed by atoms with Gasteiger partial charge in [0, 0.05) is 24.7 Å². The Morgan fingerprint density at radius 1 is 0.842 bits per heavy atom. The lowest BCUT2D eigenvalue weighted by Crippen LogP contribution is -2.34. The number of hydrogen-bond donors (Lipinski definition) is 0. The van der Waals surface area contributed by atoms with Crippen LogP contribution in [-0.2, 0) is 0 Å². The molecule has 10 heteroatoms. The molecule has 0 fully saturated rings. The number of carbonyl (C=O) groups excluding carboxylic acids is 3. The van der Waals surface area contributed by atoms with Gasteiger partial charge in [-0.3, -0.25) is 19.3 Å². The highest BCUT2D eigenvalue weighted by Crippen LogP contribution is 2.39. The van der Waals surface area contributed by atoms with Gasteiger partial charge in [0.05, 0.1) is 38.1 Å². The Morgan fingerprint density at radius 3 is 1.97 bits per heavy atom. The highest BCUT2D eigenvalue weighted by atomic mass is 19.1. The van der Waals surface area contributed by atoms with Crippen molar-refractivity contribution in [3.8, 4) is 17.2 Å². The maximum Gasteiger partial charge on any atom is 0.261 e. The van der Waals surface area contributed by atoms with E-state index in [4.69, 9.17) is 14.2 Å². The number of rotatable bonds is 10. The lowest BCUT2D eigenvalue weighted by Gasteiger charge is -2.25. The Hall–Kier alpha value is -4.47. The number of halogens is 2. The molecule has 0 radical (unpaired) electrons. The van der Waals surface area contributed by atoms with Crippen LogP contribution in [0.2, 0.25) is 0 Å². The molecule has 0 spiro atoms. The smallest absolute Gasteiger partial charge is 0.261 e. The minimum Gasteiger partial charge on any atom is -0.493 e. The van der Waals surface area contributed by atoms with Gasteiger partial charge < -0.3 is 19.1 Å². The molecule has 38 heavy (non-hydrogen) atoms. The average molecular weight is 525 g/mol. The van der Waals surface area contributed by atoms with Crippen LogP contribution < -0.4 is 19.1 Å². The number of unbranched alkanes of at least 4 members (excludes halogenated alkanes) is 1. The van der Waals surface area contributed by atoms with Crippen molar-refractivity contribution >= 4 is 23.4 Å². The van der Waals surface area contributed by atoms with E-state index in [9.17, 15) is 23.2 Å². The molecule has 3 aromatic carbocycles. The van der Waals surface area contributed by atoms with Crippen LogP contribution in [0.4, 0.5) is 14.5 Å². The van der Waals surface area contributed by atoms with Crippen molar-refractivity contribution in [1.29, 1.82) is 0 Å². The second-order valence-electron chi connectivity index (χ2n) is 8.48. The summed E-state index contributed by atoms with van der Waals surface area (Å²) >= 11 is 0. The zero-order valence-corrected chi connectivity index (χ0v) is 21.1. The maximum absolute atomic E-state index is 14.8. The summed E-state index contributed by atoms with van der Waals surface area (Å²) in [5, 5.41) is 0. The van der Waals surface area contributed by atoms with Gasteiger partial charge in [-0.05, 0) is 49.2 Å². The van der Waals surface area contributed by atoms with Crippen LogP contribution in [0.25, 0.3) is 0 Å². The summed E-state index contributed by atoms with van der Waals surface area (Å²) < 4.78 is 44.4. The van der Waals surface area contributed by atoms with Crippen molar-refractivity contribution in [3.05, 3.63) is 82.9 Å². The SMILES string of the molecule is COc1cc(C(=O)N(CCCCN2C(=O)c3ccccc3C2=O)c2ccc(F)cc2F)cc(OC)c1OC. The van der Waals surface area contributed by atoms with Crippen LogP contribution in [0.15, 0.2) is 54.6 Å². The third kappa shape index (κ3) is 5.02. The lowest BCUT2D eigenvalue weighted by molar-refractivity contribution is 0.0651. The van der Waals surface area contributed by atoms with Crippen molar-refractivity contribution in [2.45, 2.75) is 12.8 Å². The molecule has 0 aliphatic carbocycles. The predicted molar refractivity (Wildman–Crippen MR) is 135 cm³/mol. The van der Waals surface area contributed by atoms with E-state index in [1.165, 1.54) is 44.4 Å². The monoisotopic (exact) mass is 524 g/mol. The van der Waals surface area contributed by atoms with Crippen molar-refractivity contribution in [3.63, 3.8) is 0 Å². The number of methoxy groups -OCH3 is 3.